The molecule has 0 saturated heterocycles. The van der Waals surface area contributed by atoms with Gasteiger partial charge in [-0.25, -0.2) is 8.78 Å². The number of nitrogens with zero attached hydrogens (tertiary/aromatic N) is 2. The Bertz CT molecular complexity index is 349. The molecule has 5 heteroatoms. The molecule has 0 aromatic carbocycles. The number of aromatic nitrogens is 2. The molecule has 0 spiro atoms. The molecule has 1 heterocycles. The largest absolute Gasteiger partial charge is 0.396 e. The SMILES string of the molecule is OCCCn1nc(C(F)F)c2c1CCC2. The van der Waals surface area contributed by atoms with Gasteiger partial charge in [0, 0.05) is 24.4 Å². The van der Waals surface area contributed by atoms with Crippen molar-refractivity contribution >= 4 is 0 Å². The molecule has 0 unspecified atom stereocenters. The Morgan fingerprint density at radius 1 is 1.40 bits per heavy atom. The molecule has 1 aromatic heterocycles. The van der Waals surface area contributed by atoms with Crippen LogP contribution in [0, 0.1) is 0 Å². The Hall–Kier alpha value is -0.970. The lowest BCUT2D eigenvalue weighted by Gasteiger charge is -2.03. The second-order valence-electron chi connectivity index (χ2n) is 3.77. The van der Waals surface area contributed by atoms with Crippen LogP contribution in [0.3, 0.4) is 0 Å². The second-order valence-corrected chi connectivity index (χ2v) is 3.77. The van der Waals surface area contributed by atoms with Crippen LogP contribution in [-0.2, 0) is 19.4 Å². The second kappa shape index (κ2) is 4.26. The summed E-state index contributed by atoms with van der Waals surface area (Å²) in [5.41, 5.74) is 1.63. The van der Waals surface area contributed by atoms with Crippen LogP contribution in [-0.4, -0.2) is 21.5 Å². The predicted molar refractivity (Wildman–Crippen MR) is 50.9 cm³/mol. The molecule has 1 N–H and O–H groups in total. The van der Waals surface area contributed by atoms with Crippen LogP contribution in [0.2, 0.25) is 0 Å². The fourth-order valence-electron chi connectivity index (χ4n) is 2.12. The van der Waals surface area contributed by atoms with Gasteiger partial charge in [0.05, 0.1) is 0 Å². The maximum atomic E-state index is 12.6. The van der Waals surface area contributed by atoms with Crippen molar-refractivity contribution in [3.63, 3.8) is 0 Å². The van der Waals surface area contributed by atoms with Crippen LogP contribution in [0.4, 0.5) is 8.78 Å². The molecule has 3 nitrogen and oxygen atoms in total. The van der Waals surface area contributed by atoms with Crippen molar-refractivity contribution in [1.82, 2.24) is 9.78 Å². The minimum Gasteiger partial charge on any atom is -0.396 e. The van der Waals surface area contributed by atoms with E-state index in [-0.39, 0.29) is 12.3 Å². The van der Waals surface area contributed by atoms with Crippen molar-refractivity contribution in [2.75, 3.05) is 6.61 Å². The Balaban J connectivity index is 2.27. The number of fused-ring (bicyclic) bond motifs is 1. The van der Waals surface area contributed by atoms with Crippen LogP contribution in [0.1, 0.15) is 36.2 Å². The molecular weight excluding hydrogens is 202 g/mol. The minimum absolute atomic E-state index is 0.0551. The number of aliphatic hydroxyl groups excluding tert-OH is 1. The van der Waals surface area contributed by atoms with E-state index in [9.17, 15) is 8.78 Å². The van der Waals surface area contributed by atoms with Crippen molar-refractivity contribution in [3.8, 4) is 0 Å². The molecule has 0 bridgehead atoms. The number of rotatable bonds is 4. The summed E-state index contributed by atoms with van der Waals surface area (Å²) in [6.07, 6.45) is 0.574. The number of halogens is 2. The highest BCUT2D eigenvalue weighted by atomic mass is 19.3. The molecule has 0 fully saturated rings. The summed E-state index contributed by atoms with van der Waals surface area (Å²) < 4.78 is 26.9. The molecule has 2 rings (SSSR count). The zero-order valence-corrected chi connectivity index (χ0v) is 8.42. The molecule has 0 saturated carbocycles. The van der Waals surface area contributed by atoms with Crippen molar-refractivity contribution in [2.45, 2.75) is 38.7 Å². The molecule has 0 aliphatic heterocycles. The van der Waals surface area contributed by atoms with Crippen molar-refractivity contribution < 1.29 is 13.9 Å². The van der Waals surface area contributed by atoms with Gasteiger partial charge in [-0.15, -0.1) is 0 Å². The summed E-state index contributed by atoms with van der Waals surface area (Å²) in [6.45, 7) is 0.601. The lowest BCUT2D eigenvalue weighted by Crippen LogP contribution is -2.06. The fraction of sp³-hybridized carbons (Fsp3) is 0.700. The smallest absolute Gasteiger partial charge is 0.282 e. The fourth-order valence-corrected chi connectivity index (χ4v) is 2.12. The van der Waals surface area contributed by atoms with Crippen LogP contribution >= 0.6 is 0 Å². The zero-order valence-electron chi connectivity index (χ0n) is 8.42. The van der Waals surface area contributed by atoms with E-state index in [1.165, 1.54) is 0 Å². The lowest BCUT2D eigenvalue weighted by atomic mass is 10.2. The Labute approximate surface area is 86.7 Å². The molecule has 0 amide bonds. The van der Waals surface area contributed by atoms with Crippen molar-refractivity contribution in [3.05, 3.63) is 17.0 Å². The van der Waals surface area contributed by atoms with E-state index in [1.54, 1.807) is 4.68 Å². The standard InChI is InChI=1S/C10H14F2N2O/c11-10(12)9-7-3-1-4-8(7)14(13-9)5-2-6-15/h10,15H,1-6H2. The van der Waals surface area contributed by atoms with Gasteiger partial charge in [0.15, 0.2) is 0 Å². The molecule has 0 atom stereocenters. The number of aryl methyl sites for hydroxylation is 1. The maximum Gasteiger partial charge on any atom is 0.282 e. The predicted octanol–water partition coefficient (Wildman–Crippen LogP) is 1.69. The Morgan fingerprint density at radius 3 is 2.87 bits per heavy atom. The number of hydrogen-bond donors (Lipinski definition) is 1. The van der Waals surface area contributed by atoms with Crippen LogP contribution in [0.25, 0.3) is 0 Å². The van der Waals surface area contributed by atoms with E-state index in [2.05, 4.69) is 5.10 Å². The Morgan fingerprint density at radius 2 is 2.20 bits per heavy atom. The van der Waals surface area contributed by atoms with E-state index < -0.39 is 6.43 Å². The summed E-state index contributed by atoms with van der Waals surface area (Å²) >= 11 is 0. The molecular formula is C10H14F2N2O. The average Bonchev–Trinajstić information content (AvgIpc) is 2.75. The topological polar surface area (TPSA) is 38.0 Å². The van der Waals surface area contributed by atoms with E-state index in [1.807, 2.05) is 0 Å². The van der Waals surface area contributed by atoms with Crippen LogP contribution in [0.5, 0.6) is 0 Å². The van der Waals surface area contributed by atoms with Gasteiger partial charge in [-0.1, -0.05) is 0 Å². The maximum absolute atomic E-state index is 12.6. The summed E-state index contributed by atoms with van der Waals surface area (Å²) in [5, 5.41) is 12.6. The number of hydrogen-bond acceptors (Lipinski definition) is 2. The van der Waals surface area contributed by atoms with Gasteiger partial charge in [0.1, 0.15) is 5.69 Å². The lowest BCUT2D eigenvalue weighted by molar-refractivity contribution is 0.143. The van der Waals surface area contributed by atoms with Crippen molar-refractivity contribution in [1.29, 1.82) is 0 Å². The van der Waals surface area contributed by atoms with Gasteiger partial charge in [-0.05, 0) is 25.7 Å². The third kappa shape index (κ3) is 1.88. The number of aliphatic hydroxyl groups is 1. The van der Waals surface area contributed by atoms with E-state index in [4.69, 9.17) is 5.11 Å². The minimum atomic E-state index is -2.48. The van der Waals surface area contributed by atoms with Gasteiger partial charge >= 0.3 is 0 Å². The third-order valence-corrected chi connectivity index (χ3v) is 2.77. The van der Waals surface area contributed by atoms with Crippen LogP contribution < -0.4 is 0 Å². The van der Waals surface area contributed by atoms with E-state index >= 15 is 0 Å². The highest BCUT2D eigenvalue weighted by molar-refractivity contribution is 5.31. The van der Waals surface area contributed by atoms with Gasteiger partial charge in [0.25, 0.3) is 6.43 Å². The summed E-state index contributed by atoms with van der Waals surface area (Å²) in [7, 11) is 0. The molecule has 1 aliphatic carbocycles. The quantitative estimate of drug-likeness (QED) is 0.831. The van der Waals surface area contributed by atoms with Gasteiger partial charge < -0.3 is 5.11 Å². The molecule has 84 valence electrons. The van der Waals surface area contributed by atoms with Gasteiger partial charge in [-0.2, -0.15) is 5.10 Å². The van der Waals surface area contributed by atoms with Crippen LogP contribution in [0.15, 0.2) is 0 Å². The van der Waals surface area contributed by atoms with E-state index in [0.717, 1.165) is 24.1 Å². The first-order valence-electron chi connectivity index (χ1n) is 5.21. The first-order chi connectivity index (χ1) is 7.24. The van der Waals surface area contributed by atoms with Gasteiger partial charge in [-0.3, -0.25) is 4.68 Å². The zero-order chi connectivity index (χ0) is 10.8. The first-order valence-corrected chi connectivity index (χ1v) is 5.21. The van der Waals surface area contributed by atoms with E-state index in [0.29, 0.717) is 19.4 Å². The number of alkyl halides is 2. The normalized spacial score (nSPS) is 14.9. The molecule has 1 aliphatic rings. The summed E-state index contributed by atoms with van der Waals surface area (Å²) in [4.78, 5) is 0. The third-order valence-electron chi connectivity index (χ3n) is 2.77. The average molecular weight is 216 g/mol. The van der Waals surface area contributed by atoms with Crippen molar-refractivity contribution in [2.24, 2.45) is 0 Å². The Kier molecular flexibility index (Phi) is 3.00. The summed E-state index contributed by atoms with van der Waals surface area (Å²) in [5.74, 6) is 0. The highest BCUT2D eigenvalue weighted by Crippen LogP contribution is 2.31. The molecule has 15 heavy (non-hydrogen) atoms. The van der Waals surface area contributed by atoms with Gasteiger partial charge in [0.2, 0.25) is 0 Å². The summed E-state index contributed by atoms with van der Waals surface area (Å²) in [6, 6.07) is 0. The molecule has 0 radical (unpaired) electrons. The first kappa shape index (κ1) is 10.5. The monoisotopic (exact) mass is 216 g/mol. The highest BCUT2D eigenvalue weighted by Gasteiger charge is 2.26. The molecule has 1 aromatic rings.